The van der Waals surface area contributed by atoms with E-state index in [0.29, 0.717) is 16.7 Å². The fraction of sp³-hybridized carbons (Fsp3) is 0.250. The van der Waals surface area contributed by atoms with Crippen molar-refractivity contribution >= 4 is 23.2 Å². The maximum Gasteiger partial charge on any atom is 0.137 e. The van der Waals surface area contributed by atoms with E-state index in [-0.39, 0.29) is 0 Å². The van der Waals surface area contributed by atoms with Crippen LogP contribution in [-0.4, -0.2) is 7.11 Å². The molecule has 0 unspecified atom stereocenters. The van der Waals surface area contributed by atoms with E-state index in [2.05, 4.69) is 0 Å². The van der Waals surface area contributed by atoms with Crippen molar-refractivity contribution in [2.24, 2.45) is 0 Å². The molecule has 0 saturated heterocycles. The molecule has 0 aliphatic carbocycles. The average molecular weight is 191 g/mol. The van der Waals surface area contributed by atoms with Crippen LogP contribution in [0.1, 0.15) is 5.56 Å². The minimum Gasteiger partial charge on any atom is -0.495 e. The number of halogens is 2. The molecule has 0 fully saturated rings. The van der Waals surface area contributed by atoms with Gasteiger partial charge in [-0.1, -0.05) is 17.7 Å². The van der Waals surface area contributed by atoms with E-state index < -0.39 is 0 Å². The molecule has 0 saturated carbocycles. The summed E-state index contributed by atoms with van der Waals surface area (Å²) in [5, 5.41) is 0.612. The molecule has 1 nitrogen and oxygen atoms in total. The van der Waals surface area contributed by atoms with Gasteiger partial charge in [0.15, 0.2) is 0 Å². The van der Waals surface area contributed by atoms with Gasteiger partial charge in [-0.25, -0.2) is 0 Å². The summed E-state index contributed by atoms with van der Waals surface area (Å²) in [6, 6.07) is 5.48. The van der Waals surface area contributed by atoms with Gasteiger partial charge in [0, 0.05) is 5.88 Å². The molecule has 0 heterocycles. The second-order valence-corrected chi connectivity index (χ2v) is 2.78. The number of alkyl halides is 1. The zero-order valence-corrected chi connectivity index (χ0v) is 7.62. The second-order valence-electron chi connectivity index (χ2n) is 2.10. The largest absolute Gasteiger partial charge is 0.495 e. The lowest BCUT2D eigenvalue weighted by molar-refractivity contribution is 0.414. The Morgan fingerprint density at radius 3 is 2.73 bits per heavy atom. The predicted molar refractivity (Wildman–Crippen MR) is 47.6 cm³/mol. The third-order valence-electron chi connectivity index (χ3n) is 1.37. The molecule has 0 radical (unpaired) electrons. The first-order chi connectivity index (χ1) is 5.27. The first-order valence-electron chi connectivity index (χ1n) is 3.16. The minimum absolute atomic E-state index is 0.480. The van der Waals surface area contributed by atoms with Crippen LogP contribution >= 0.6 is 23.2 Å². The van der Waals surface area contributed by atoms with Gasteiger partial charge in [0.2, 0.25) is 0 Å². The van der Waals surface area contributed by atoms with Crippen LogP contribution in [0.3, 0.4) is 0 Å². The third kappa shape index (κ3) is 2.01. The molecule has 1 aromatic rings. The summed E-state index contributed by atoms with van der Waals surface area (Å²) in [6.45, 7) is 0. The Morgan fingerprint density at radius 1 is 1.45 bits per heavy atom. The van der Waals surface area contributed by atoms with E-state index in [1.807, 2.05) is 12.1 Å². The summed E-state index contributed by atoms with van der Waals surface area (Å²) in [4.78, 5) is 0. The average Bonchev–Trinajstić information content (AvgIpc) is 2.05. The molecule has 0 aliphatic heterocycles. The summed E-state index contributed by atoms with van der Waals surface area (Å²) in [5.41, 5.74) is 1.01. The van der Waals surface area contributed by atoms with E-state index in [0.717, 1.165) is 5.56 Å². The van der Waals surface area contributed by atoms with Gasteiger partial charge < -0.3 is 4.74 Å². The summed E-state index contributed by atoms with van der Waals surface area (Å²) in [7, 11) is 1.58. The summed E-state index contributed by atoms with van der Waals surface area (Å²) in [5.74, 6) is 1.15. The number of benzene rings is 1. The first kappa shape index (κ1) is 8.69. The predicted octanol–water partition coefficient (Wildman–Crippen LogP) is 3.09. The van der Waals surface area contributed by atoms with Crippen molar-refractivity contribution in [2.75, 3.05) is 7.11 Å². The second kappa shape index (κ2) is 3.84. The van der Waals surface area contributed by atoms with Crippen molar-refractivity contribution < 1.29 is 4.74 Å². The van der Waals surface area contributed by atoms with E-state index in [9.17, 15) is 0 Å². The Hall–Kier alpha value is -0.400. The van der Waals surface area contributed by atoms with E-state index >= 15 is 0 Å². The number of methoxy groups -OCH3 is 1. The highest BCUT2D eigenvalue weighted by Crippen LogP contribution is 2.25. The van der Waals surface area contributed by atoms with Crippen LogP contribution in [0.5, 0.6) is 5.75 Å². The first-order valence-corrected chi connectivity index (χ1v) is 4.07. The normalized spacial score (nSPS) is 9.73. The molecule has 0 aliphatic rings. The fourth-order valence-corrected chi connectivity index (χ4v) is 1.15. The Balaban J connectivity index is 3.02. The molecule has 0 amide bonds. The highest BCUT2D eigenvalue weighted by Gasteiger charge is 1.99. The summed E-state index contributed by atoms with van der Waals surface area (Å²) < 4.78 is 5.00. The number of rotatable bonds is 2. The molecular formula is C8H8Cl2O. The zero-order valence-electron chi connectivity index (χ0n) is 6.10. The maximum atomic E-state index is 5.79. The lowest BCUT2D eigenvalue weighted by Gasteiger charge is -2.03. The van der Waals surface area contributed by atoms with Crippen LogP contribution in [0.25, 0.3) is 0 Å². The number of hydrogen-bond acceptors (Lipinski definition) is 1. The molecule has 3 heteroatoms. The van der Waals surface area contributed by atoms with Crippen molar-refractivity contribution in [1.82, 2.24) is 0 Å². The van der Waals surface area contributed by atoms with Crippen LogP contribution in [-0.2, 0) is 5.88 Å². The molecule has 0 atom stereocenters. The summed E-state index contributed by atoms with van der Waals surface area (Å²) in [6.07, 6.45) is 0. The van der Waals surface area contributed by atoms with Gasteiger partial charge >= 0.3 is 0 Å². The van der Waals surface area contributed by atoms with Gasteiger partial charge in [-0.15, -0.1) is 11.6 Å². The lowest BCUT2D eigenvalue weighted by Crippen LogP contribution is -1.85. The van der Waals surface area contributed by atoms with E-state index in [1.165, 1.54) is 0 Å². The van der Waals surface area contributed by atoms with Crippen LogP contribution < -0.4 is 4.74 Å². The van der Waals surface area contributed by atoms with Gasteiger partial charge in [-0.3, -0.25) is 0 Å². The van der Waals surface area contributed by atoms with Gasteiger partial charge in [0.05, 0.1) is 12.1 Å². The van der Waals surface area contributed by atoms with Gasteiger partial charge in [-0.2, -0.15) is 0 Å². The molecule has 0 N–H and O–H groups in total. The molecule has 0 bridgehead atoms. The number of hydrogen-bond donors (Lipinski definition) is 0. The monoisotopic (exact) mass is 190 g/mol. The van der Waals surface area contributed by atoms with Crippen molar-refractivity contribution in [3.63, 3.8) is 0 Å². The van der Waals surface area contributed by atoms with Crippen molar-refractivity contribution in [2.45, 2.75) is 5.88 Å². The SMILES string of the molecule is COc1cc(CCl)ccc1Cl. The van der Waals surface area contributed by atoms with Gasteiger partial charge in [0.25, 0.3) is 0 Å². The van der Waals surface area contributed by atoms with Crippen molar-refractivity contribution in [3.05, 3.63) is 28.8 Å². The molecular weight excluding hydrogens is 183 g/mol. The lowest BCUT2D eigenvalue weighted by atomic mass is 10.2. The fourth-order valence-electron chi connectivity index (χ4n) is 0.787. The van der Waals surface area contributed by atoms with Crippen molar-refractivity contribution in [1.29, 1.82) is 0 Å². The Kier molecular flexibility index (Phi) is 3.03. The molecule has 11 heavy (non-hydrogen) atoms. The summed E-state index contributed by atoms with van der Waals surface area (Å²) >= 11 is 11.4. The Morgan fingerprint density at radius 2 is 2.18 bits per heavy atom. The molecule has 60 valence electrons. The molecule has 0 aromatic heterocycles. The molecule has 1 aromatic carbocycles. The van der Waals surface area contributed by atoms with E-state index in [1.54, 1.807) is 13.2 Å². The molecule has 1 rings (SSSR count). The Labute approximate surface area is 75.9 Å². The van der Waals surface area contributed by atoms with Crippen LogP contribution in [0, 0.1) is 0 Å². The maximum absolute atomic E-state index is 5.79. The van der Waals surface area contributed by atoms with Crippen molar-refractivity contribution in [3.8, 4) is 5.75 Å². The highest BCUT2D eigenvalue weighted by atomic mass is 35.5. The van der Waals surface area contributed by atoms with Crippen LogP contribution in [0.4, 0.5) is 0 Å². The van der Waals surface area contributed by atoms with Gasteiger partial charge in [-0.05, 0) is 17.7 Å². The molecule has 0 spiro atoms. The van der Waals surface area contributed by atoms with E-state index in [4.69, 9.17) is 27.9 Å². The number of ether oxygens (including phenoxy) is 1. The minimum atomic E-state index is 0.480. The standard InChI is InChI=1S/C8H8Cl2O/c1-11-8-4-6(5-9)2-3-7(8)10/h2-4H,5H2,1H3. The third-order valence-corrected chi connectivity index (χ3v) is 1.99. The highest BCUT2D eigenvalue weighted by molar-refractivity contribution is 6.32. The van der Waals surface area contributed by atoms with Crippen LogP contribution in [0.2, 0.25) is 5.02 Å². The Bertz CT molecular complexity index is 248. The smallest absolute Gasteiger partial charge is 0.137 e. The quantitative estimate of drug-likeness (QED) is 0.652. The van der Waals surface area contributed by atoms with Gasteiger partial charge in [0.1, 0.15) is 5.75 Å². The zero-order chi connectivity index (χ0) is 8.27. The van der Waals surface area contributed by atoms with Crippen LogP contribution in [0.15, 0.2) is 18.2 Å². The topological polar surface area (TPSA) is 9.23 Å².